The molecule has 3 aromatic rings. The van der Waals surface area contributed by atoms with Gasteiger partial charge in [-0.15, -0.1) is 12.4 Å². The first-order chi connectivity index (χ1) is 11.2. The lowest BCUT2D eigenvalue weighted by molar-refractivity contribution is 0.306. The molecule has 4 heteroatoms. The van der Waals surface area contributed by atoms with Crippen LogP contribution in [-0.2, 0) is 13.2 Å². The summed E-state index contributed by atoms with van der Waals surface area (Å²) in [5, 5.41) is 0. The SMILES string of the molecule is Cl.NCc1cc(Br)cc(-c2cccc(OCc3ccccc3)c2)c1. The van der Waals surface area contributed by atoms with Crippen LogP contribution in [0.5, 0.6) is 5.75 Å². The average Bonchev–Trinajstić information content (AvgIpc) is 2.60. The summed E-state index contributed by atoms with van der Waals surface area (Å²) in [5.41, 5.74) is 10.3. The third-order valence-corrected chi connectivity index (χ3v) is 4.07. The van der Waals surface area contributed by atoms with E-state index in [1.54, 1.807) is 0 Å². The number of hydrogen-bond acceptors (Lipinski definition) is 2. The van der Waals surface area contributed by atoms with Gasteiger partial charge < -0.3 is 10.5 Å². The lowest BCUT2D eigenvalue weighted by atomic mass is 10.0. The zero-order chi connectivity index (χ0) is 16.1. The minimum Gasteiger partial charge on any atom is -0.489 e. The van der Waals surface area contributed by atoms with Crippen LogP contribution < -0.4 is 10.5 Å². The molecule has 3 aromatic carbocycles. The van der Waals surface area contributed by atoms with Crippen LogP contribution in [0.3, 0.4) is 0 Å². The van der Waals surface area contributed by atoms with E-state index < -0.39 is 0 Å². The first-order valence-electron chi connectivity index (χ1n) is 7.51. The molecule has 0 aliphatic rings. The van der Waals surface area contributed by atoms with Crippen molar-refractivity contribution in [2.24, 2.45) is 5.73 Å². The van der Waals surface area contributed by atoms with Gasteiger partial charge in [0, 0.05) is 11.0 Å². The first kappa shape index (κ1) is 18.5. The van der Waals surface area contributed by atoms with Crippen molar-refractivity contribution in [3.05, 3.63) is 88.4 Å². The van der Waals surface area contributed by atoms with E-state index in [4.69, 9.17) is 10.5 Å². The summed E-state index contributed by atoms with van der Waals surface area (Å²) in [6, 6.07) is 24.5. The van der Waals surface area contributed by atoms with E-state index in [9.17, 15) is 0 Å². The van der Waals surface area contributed by atoms with Gasteiger partial charge >= 0.3 is 0 Å². The second-order valence-corrected chi connectivity index (χ2v) is 6.27. The molecule has 0 fully saturated rings. The quantitative estimate of drug-likeness (QED) is 0.603. The Morgan fingerprint density at radius 1 is 0.792 bits per heavy atom. The van der Waals surface area contributed by atoms with Gasteiger partial charge in [0.15, 0.2) is 0 Å². The molecule has 0 radical (unpaired) electrons. The minimum atomic E-state index is 0. The molecule has 24 heavy (non-hydrogen) atoms. The van der Waals surface area contributed by atoms with Crippen molar-refractivity contribution in [3.8, 4) is 16.9 Å². The maximum atomic E-state index is 5.90. The van der Waals surface area contributed by atoms with Gasteiger partial charge in [-0.2, -0.15) is 0 Å². The van der Waals surface area contributed by atoms with Crippen LogP contribution in [0.25, 0.3) is 11.1 Å². The van der Waals surface area contributed by atoms with Crippen LogP contribution in [0.2, 0.25) is 0 Å². The Kier molecular flexibility index (Phi) is 6.85. The van der Waals surface area contributed by atoms with Crippen LogP contribution in [0, 0.1) is 0 Å². The van der Waals surface area contributed by atoms with Crippen molar-refractivity contribution >= 4 is 28.3 Å². The summed E-state index contributed by atoms with van der Waals surface area (Å²) in [7, 11) is 0. The summed E-state index contributed by atoms with van der Waals surface area (Å²) < 4.78 is 6.94. The molecule has 0 saturated heterocycles. The second kappa shape index (κ2) is 8.88. The van der Waals surface area contributed by atoms with E-state index in [1.165, 1.54) is 0 Å². The molecule has 0 atom stereocenters. The van der Waals surface area contributed by atoms with Gasteiger partial charge in [-0.1, -0.05) is 58.4 Å². The van der Waals surface area contributed by atoms with E-state index >= 15 is 0 Å². The lowest BCUT2D eigenvalue weighted by Crippen LogP contribution is -1.97. The first-order valence-corrected chi connectivity index (χ1v) is 8.30. The average molecular weight is 405 g/mol. The smallest absolute Gasteiger partial charge is 0.120 e. The third kappa shape index (κ3) is 4.84. The number of rotatable bonds is 5. The van der Waals surface area contributed by atoms with Crippen molar-refractivity contribution in [1.82, 2.24) is 0 Å². The molecule has 0 unspecified atom stereocenters. The fourth-order valence-corrected chi connectivity index (χ4v) is 2.98. The van der Waals surface area contributed by atoms with E-state index in [-0.39, 0.29) is 12.4 Å². The summed E-state index contributed by atoms with van der Waals surface area (Å²) >= 11 is 3.54. The Bertz CT molecular complexity index is 793. The molecule has 2 nitrogen and oxygen atoms in total. The molecule has 2 N–H and O–H groups in total. The third-order valence-electron chi connectivity index (χ3n) is 3.61. The topological polar surface area (TPSA) is 35.2 Å². The minimum absolute atomic E-state index is 0. The Balaban J connectivity index is 0.00000208. The number of nitrogens with two attached hydrogens (primary N) is 1. The predicted octanol–water partition coefficient (Wildman–Crippen LogP) is 5.58. The molecular weight excluding hydrogens is 386 g/mol. The normalized spacial score (nSPS) is 10.1. The van der Waals surface area contributed by atoms with Crippen LogP contribution >= 0.6 is 28.3 Å². The standard InChI is InChI=1S/C20H18BrNO.ClH/c21-19-10-16(13-22)9-18(11-19)17-7-4-8-20(12-17)23-14-15-5-2-1-3-6-15;/h1-12H,13-14,22H2;1H. The van der Waals surface area contributed by atoms with Gasteiger partial charge in [-0.25, -0.2) is 0 Å². The number of halogens is 2. The van der Waals surface area contributed by atoms with Crippen LogP contribution in [-0.4, -0.2) is 0 Å². The van der Waals surface area contributed by atoms with Crippen molar-refractivity contribution < 1.29 is 4.74 Å². The predicted molar refractivity (Wildman–Crippen MR) is 105 cm³/mol. The maximum Gasteiger partial charge on any atom is 0.120 e. The van der Waals surface area contributed by atoms with Crippen LogP contribution in [0.4, 0.5) is 0 Å². The van der Waals surface area contributed by atoms with Gasteiger partial charge in [0.25, 0.3) is 0 Å². The van der Waals surface area contributed by atoms with Gasteiger partial charge in [-0.3, -0.25) is 0 Å². The molecule has 0 aliphatic heterocycles. The Morgan fingerprint density at radius 2 is 1.58 bits per heavy atom. The van der Waals surface area contributed by atoms with Crippen LogP contribution in [0.1, 0.15) is 11.1 Å². The largest absolute Gasteiger partial charge is 0.489 e. The summed E-state index contributed by atoms with van der Waals surface area (Å²) in [6.07, 6.45) is 0. The van der Waals surface area contributed by atoms with E-state index in [1.807, 2.05) is 36.4 Å². The summed E-state index contributed by atoms with van der Waals surface area (Å²) in [6.45, 7) is 1.09. The molecule has 124 valence electrons. The fourth-order valence-electron chi connectivity index (χ4n) is 2.44. The highest BCUT2D eigenvalue weighted by Crippen LogP contribution is 2.28. The zero-order valence-electron chi connectivity index (χ0n) is 13.1. The molecular formula is C20H19BrClNO. The summed E-state index contributed by atoms with van der Waals surface area (Å²) in [4.78, 5) is 0. The summed E-state index contributed by atoms with van der Waals surface area (Å²) in [5.74, 6) is 0.862. The van der Waals surface area contributed by atoms with Crippen molar-refractivity contribution in [3.63, 3.8) is 0 Å². The van der Waals surface area contributed by atoms with Gasteiger partial charge in [0.1, 0.15) is 12.4 Å². The molecule has 0 bridgehead atoms. The molecule has 3 rings (SSSR count). The zero-order valence-corrected chi connectivity index (χ0v) is 15.5. The van der Waals surface area contributed by atoms with Gasteiger partial charge in [0.05, 0.1) is 0 Å². The molecule has 0 saturated carbocycles. The fraction of sp³-hybridized carbons (Fsp3) is 0.100. The highest BCUT2D eigenvalue weighted by atomic mass is 79.9. The molecule has 0 spiro atoms. The van der Waals surface area contributed by atoms with Crippen molar-refractivity contribution in [2.75, 3.05) is 0 Å². The Morgan fingerprint density at radius 3 is 2.33 bits per heavy atom. The van der Waals surface area contributed by atoms with Crippen molar-refractivity contribution in [1.29, 1.82) is 0 Å². The second-order valence-electron chi connectivity index (χ2n) is 5.35. The molecule has 0 heterocycles. The van der Waals surface area contributed by atoms with E-state index in [0.29, 0.717) is 13.2 Å². The highest BCUT2D eigenvalue weighted by molar-refractivity contribution is 9.10. The van der Waals surface area contributed by atoms with E-state index in [0.717, 1.165) is 32.5 Å². The number of ether oxygens (including phenoxy) is 1. The van der Waals surface area contributed by atoms with Gasteiger partial charge in [0.2, 0.25) is 0 Å². The number of hydrogen-bond donors (Lipinski definition) is 1. The van der Waals surface area contributed by atoms with Crippen molar-refractivity contribution in [2.45, 2.75) is 13.2 Å². The number of benzene rings is 3. The highest BCUT2D eigenvalue weighted by Gasteiger charge is 2.04. The van der Waals surface area contributed by atoms with E-state index in [2.05, 4.69) is 52.3 Å². The Hall–Kier alpha value is -1.81. The Labute approximate surface area is 157 Å². The molecule has 0 aromatic heterocycles. The maximum absolute atomic E-state index is 5.90. The molecule has 0 aliphatic carbocycles. The molecule has 0 amide bonds. The van der Waals surface area contributed by atoms with Gasteiger partial charge in [-0.05, 0) is 52.6 Å². The monoisotopic (exact) mass is 403 g/mol. The lowest BCUT2D eigenvalue weighted by Gasteiger charge is -2.10. The van der Waals surface area contributed by atoms with Crippen LogP contribution in [0.15, 0.2) is 77.3 Å².